The zero-order valence-corrected chi connectivity index (χ0v) is 10.6. The number of piperazine rings is 1. The molecule has 0 aromatic carbocycles. The number of alkyl halides is 3. The van der Waals surface area contributed by atoms with Crippen molar-refractivity contribution in [1.82, 2.24) is 9.80 Å². The number of hydrogen-bond donors (Lipinski definition) is 1. The number of carbonyl (C=O) groups excluding carboxylic acids is 2. The Hall–Kier alpha value is -1.31. The molecule has 1 atom stereocenters. The first-order valence-electron chi connectivity index (χ1n) is 6.02. The summed E-state index contributed by atoms with van der Waals surface area (Å²) >= 11 is 0. The molecule has 0 unspecified atom stereocenters. The Balaban J connectivity index is 2.37. The topological polar surface area (TPSA) is 60.9 Å². The summed E-state index contributed by atoms with van der Waals surface area (Å²) in [5, 5.41) is 9.13. The van der Waals surface area contributed by atoms with Crippen molar-refractivity contribution < 1.29 is 27.9 Å². The van der Waals surface area contributed by atoms with Crippen molar-refractivity contribution in [3.63, 3.8) is 0 Å². The molecule has 1 fully saturated rings. The van der Waals surface area contributed by atoms with Gasteiger partial charge in [-0.05, 0) is 6.92 Å². The molecule has 1 heterocycles. The lowest BCUT2D eigenvalue weighted by Crippen LogP contribution is -2.52. The van der Waals surface area contributed by atoms with Gasteiger partial charge in [0.25, 0.3) is 5.91 Å². The Morgan fingerprint density at radius 3 is 2.05 bits per heavy atom. The summed E-state index contributed by atoms with van der Waals surface area (Å²) in [4.78, 5) is 25.7. The van der Waals surface area contributed by atoms with Gasteiger partial charge in [0.15, 0.2) is 0 Å². The molecule has 5 nitrogen and oxygen atoms in total. The van der Waals surface area contributed by atoms with Gasteiger partial charge in [0.1, 0.15) is 6.10 Å². The lowest BCUT2D eigenvalue weighted by molar-refractivity contribution is -0.152. The van der Waals surface area contributed by atoms with Crippen LogP contribution in [0.15, 0.2) is 0 Å². The van der Waals surface area contributed by atoms with E-state index in [1.807, 2.05) is 0 Å². The molecule has 19 heavy (non-hydrogen) atoms. The molecule has 1 saturated heterocycles. The van der Waals surface area contributed by atoms with Crippen molar-refractivity contribution in [3.8, 4) is 0 Å². The van der Waals surface area contributed by atoms with Crippen LogP contribution in [-0.4, -0.2) is 65.2 Å². The maximum absolute atomic E-state index is 12.0. The molecule has 1 N–H and O–H groups in total. The predicted molar refractivity (Wildman–Crippen MR) is 60.1 cm³/mol. The third kappa shape index (κ3) is 5.06. The van der Waals surface area contributed by atoms with E-state index in [2.05, 4.69) is 0 Å². The zero-order valence-electron chi connectivity index (χ0n) is 10.6. The first-order valence-corrected chi connectivity index (χ1v) is 6.02. The number of aliphatic hydroxyl groups excluding tert-OH is 1. The van der Waals surface area contributed by atoms with Crippen molar-refractivity contribution in [2.45, 2.75) is 32.0 Å². The van der Waals surface area contributed by atoms with E-state index < -0.39 is 36.9 Å². The number of carbonyl (C=O) groups is 2. The van der Waals surface area contributed by atoms with Crippen molar-refractivity contribution in [1.29, 1.82) is 0 Å². The van der Waals surface area contributed by atoms with Crippen LogP contribution in [0.2, 0.25) is 0 Å². The van der Waals surface area contributed by atoms with Gasteiger partial charge in [0, 0.05) is 32.6 Å². The smallest absolute Gasteiger partial charge is 0.384 e. The molecule has 0 bridgehead atoms. The largest absolute Gasteiger partial charge is 0.389 e. The van der Waals surface area contributed by atoms with Crippen molar-refractivity contribution in [3.05, 3.63) is 0 Å². The Labute approximate surface area is 109 Å². The van der Waals surface area contributed by atoms with Gasteiger partial charge in [-0.15, -0.1) is 0 Å². The Morgan fingerprint density at radius 2 is 1.63 bits per heavy atom. The lowest BCUT2D eigenvalue weighted by Gasteiger charge is -2.35. The van der Waals surface area contributed by atoms with E-state index in [0.29, 0.717) is 0 Å². The monoisotopic (exact) mass is 282 g/mol. The Bertz CT molecular complexity index is 337. The van der Waals surface area contributed by atoms with Crippen LogP contribution in [0, 0.1) is 0 Å². The fourth-order valence-corrected chi connectivity index (χ4v) is 1.85. The van der Waals surface area contributed by atoms with E-state index >= 15 is 0 Å². The van der Waals surface area contributed by atoms with Crippen LogP contribution < -0.4 is 0 Å². The molecule has 1 aliphatic heterocycles. The molecule has 0 radical (unpaired) electrons. The van der Waals surface area contributed by atoms with Gasteiger partial charge in [-0.1, -0.05) is 0 Å². The quantitative estimate of drug-likeness (QED) is 0.814. The van der Waals surface area contributed by atoms with E-state index in [1.165, 1.54) is 16.7 Å². The zero-order chi connectivity index (χ0) is 14.6. The molecular formula is C11H17F3N2O3. The molecule has 8 heteroatoms. The average molecular weight is 282 g/mol. The fourth-order valence-electron chi connectivity index (χ4n) is 1.85. The maximum atomic E-state index is 12.0. The number of rotatable bonds is 3. The summed E-state index contributed by atoms with van der Waals surface area (Å²) in [6.07, 6.45) is -7.13. The SMILES string of the molecule is C[C@H](O)C(=O)N1CCN(C(=O)CCC(F)(F)F)CC1. The summed E-state index contributed by atoms with van der Waals surface area (Å²) in [6, 6.07) is 0. The molecule has 0 spiro atoms. The van der Waals surface area contributed by atoms with E-state index in [1.54, 1.807) is 0 Å². The predicted octanol–water partition coefficient (Wildman–Crippen LogP) is 0.380. The van der Waals surface area contributed by atoms with Crippen LogP contribution >= 0.6 is 0 Å². The minimum atomic E-state index is -4.33. The highest BCUT2D eigenvalue weighted by molar-refractivity contribution is 5.81. The number of aliphatic hydroxyl groups is 1. The fraction of sp³-hybridized carbons (Fsp3) is 0.818. The van der Waals surface area contributed by atoms with Crippen LogP contribution in [0.4, 0.5) is 13.2 Å². The number of hydrogen-bond acceptors (Lipinski definition) is 3. The Morgan fingerprint density at radius 1 is 1.16 bits per heavy atom. The third-order valence-electron chi connectivity index (χ3n) is 2.92. The molecule has 2 amide bonds. The first-order chi connectivity index (χ1) is 8.70. The molecular weight excluding hydrogens is 265 g/mol. The maximum Gasteiger partial charge on any atom is 0.389 e. The van der Waals surface area contributed by atoms with Gasteiger partial charge < -0.3 is 14.9 Å². The normalized spacial score (nSPS) is 18.4. The van der Waals surface area contributed by atoms with Crippen molar-refractivity contribution in [2.75, 3.05) is 26.2 Å². The highest BCUT2D eigenvalue weighted by Gasteiger charge is 2.31. The average Bonchev–Trinajstić information content (AvgIpc) is 2.34. The number of halogens is 3. The van der Waals surface area contributed by atoms with Gasteiger partial charge in [-0.25, -0.2) is 0 Å². The summed E-state index contributed by atoms with van der Waals surface area (Å²) < 4.78 is 36.0. The minimum absolute atomic E-state index is 0.204. The van der Waals surface area contributed by atoms with E-state index in [4.69, 9.17) is 5.11 Å². The van der Waals surface area contributed by atoms with Gasteiger partial charge in [0.05, 0.1) is 6.42 Å². The number of amides is 2. The summed E-state index contributed by atoms with van der Waals surface area (Å²) in [6.45, 7) is 2.23. The van der Waals surface area contributed by atoms with E-state index in [-0.39, 0.29) is 26.2 Å². The second-order valence-corrected chi connectivity index (χ2v) is 4.50. The van der Waals surface area contributed by atoms with E-state index in [9.17, 15) is 22.8 Å². The van der Waals surface area contributed by atoms with Crippen LogP contribution in [-0.2, 0) is 9.59 Å². The molecule has 1 aliphatic rings. The first kappa shape index (κ1) is 15.7. The van der Waals surface area contributed by atoms with Crippen LogP contribution in [0.3, 0.4) is 0 Å². The Kier molecular flexibility index (Phi) is 5.16. The van der Waals surface area contributed by atoms with Crippen LogP contribution in [0.5, 0.6) is 0 Å². The van der Waals surface area contributed by atoms with Crippen LogP contribution in [0.25, 0.3) is 0 Å². The van der Waals surface area contributed by atoms with Gasteiger partial charge in [-0.2, -0.15) is 13.2 Å². The minimum Gasteiger partial charge on any atom is -0.384 e. The molecule has 0 saturated carbocycles. The third-order valence-corrected chi connectivity index (χ3v) is 2.92. The highest BCUT2D eigenvalue weighted by atomic mass is 19.4. The van der Waals surface area contributed by atoms with Crippen LogP contribution in [0.1, 0.15) is 19.8 Å². The van der Waals surface area contributed by atoms with Gasteiger partial charge >= 0.3 is 6.18 Å². The summed E-state index contributed by atoms with van der Waals surface area (Å²) in [7, 11) is 0. The van der Waals surface area contributed by atoms with Gasteiger partial charge in [0.2, 0.25) is 5.91 Å². The standard InChI is InChI=1S/C11H17F3N2O3/c1-8(17)10(19)16-6-4-15(5-7-16)9(18)2-3-11(12,13)14/h8,17H,2-7H2,1H3/t8-/m0/s1. The summed E-state index contributed by atoms with van der Waals surface area (Å²) in [5.74, 6) is -0.983. The lowest BCUT2D eigenvalue weighted by atomic mass is 10.2. The second-order valence-electron chi connectivity index (χ2n) is 4.50. The van der Waals surface area contributed by atoms with Crippen molar-refractivity contribution in [2.24, 2.45) is 0 Å². The molecule has 0 aromatic rings. The molecule has 0 aliphatic carbocycles. The second kappa shape index (κ2) is 6.23. The molecule has 1 rings (SSSR count). The summed E-state index contributed by atoms with van der Waals surface area (Å²) in [5.41, 5.74) is 0. The van der Waals surface area contributed by atoms with E-state index in [0.717, 1.165) is 0 Å². The highest BCUT2D eigenvalue weighted by Crippen LogP contribution is 2.22. The molecule has 0 aromatic heterocycles. The van der Waals surface area contributed by atoms with Gasteiger partial charge in [-0.3, -0.25) is 9.59 Å². The molecule has 110 valence electrons. The number of nitrogens with zero attached hydrogens (tertiary/aromatic N) is 2. The van der Waals surface area contributed by atoms with Crippen molar-refractivity contribution >= 4 is 11.8 Å².